The van der Waals surface area contributed by atoms with Crippen molar-refractivity contribution < 1.29 is 15.0 Å². The minimum atomic E-state index is -1.33. The monoisotopic (exact) mass is 356 g/mol. The number of carboxylic acids is 1. The van der Waals surface area contributed by atoms with Crippen LogP contribution in [0.3, 0.4) is 0 Å². The van der Waals surface area contributed by atoms with Gasteiger partial charge in [-0.3, -0.25) is 0 Å². The van der Waals surface area contributed by atoms with E-state index in [2.05, 4.69) is 5.32 Å². The average molecular weight is 356 g/mol. The van der Waals surface area contributed by atoms with E-state index in [0.717, 1.165) is 5.75 Å². The summed E-state index contributed by atoms with van der Waals surface area (Å²) >= 11 is 1.46. The van der Waals surface area contributed by atoms with Gasteiger partial charge in [0, 0.05) is 10.6 Å². The van der Waals surface area contributed by atoms with Gasteiger partial charge < -0.3 is 15.5 Å². The molecule has 0 aliphatic heterocycles. The van der Waals surface area contributed by atoms with E-state index in [1.54, 1.807) is 43.3 Å². The molecule has 5 nitrogen and oxygen atoms in total. The lowest BCUT2D eigenvalue weighted by Crippen LogP contribution is -2.43. The number of carboxylic acid groups (broad SMARTS) is 1. The number of carbonyl (C=O) groups is 1. The number of phenols is 1. The van der Waals surface area contributed by atoms with Crippen molar-refractivity contribution in [1.29, 1.82) is 5.26 Å². The van der Waals surface area contributed by atoms with Gasteiger partial charge in [0.2, 0.25) is 0 Å². The summed E-state index contributed by atoms with van der Waals surface area (Å²) in [5.74, 6) is -0.0893. The molecule has 0 aromatic heterocycles. The summed E-state index contributed by atoms with van der Waals surface area (Å²) in [6.07, 6.45) is 0.309. The fraction of sp³-hybridized carbons (Fsp3) is 0.263. The van der Waals surface area contributed by atoms with Crippen molar-refractivity contribution in [3.63, 3.8) is 0 Å². The topological polar surface area (TPSA) is 93.4 Å². The third-order valence-corrected chi connectivity index (χ3v) is 4.95. The molecule has 25 heavy (non-hydrogen) atoms. The molecule has 0 bridgehead atoms. The fourth-order valence-electron chi connectivity index (χ4n) is 2.62. The third kappa shape index (κ3) is 3.89. The van der Waals surface area contributed by atoms with Gasteiger partial charge >= 0.3 is 5.97 Å². The van der Waals surface area contributed by atoms with Gasteiger partial charge in [-0.2, -0.15) is 5.26 Å². The van der Waals surface area contributed by atoms with Crippen LogP contribution >= 0.6 is 11.8 Å². The van der Waals surface area contributed by atoms with Crippen LogP contribution in [0.2, 0.25) is 0 Å². The zero-order chi connectivity index (χ0) is 18.4. The fourth-order valence-corrected chi connectivity index (χ4v) is 3.36. The van der Waals surface area contributed by atoms with Crippen LogP contribution in [0.15, 0.2) is 47.4 Å². The summed E-state index contributed by atoms with van der Waals surface area (Å²) < 4.78 is 0. The highest BCUT2D eigenvalue weighted by Gasteiger charge is 2.39. The lowest BCUT2D eigenvalue weighted by atomic mass is 9.86. The van der Waals surface area contributed by atoms with E-state index >= 15 is 0 Å². The smallest absolute Gasteiger partial charge is 0.334 e. The van der Waals surface area contributed by atoms with Crippen LogP contribution in [0.4, 0.5) is 5.69 Å². The van der Waals surface area contributed by atoms with Gasteiger partial charge in [-0.25, -0.2) is 4.79 Å². The van der Waals surface area contributed by atoms with Gasteiger partial charge in [-0.1, -0.05) is 19.9 Å². The minimum absolute atomic E-state index is 0.143. The summed E-state index contributed by atoms with van der Waals surface area (Å²) in [7, 11) is 0. The maximum atomic E-state index is 12.2. The highest BCUT2D eigenvalue weighted by molar-refractivity contribution is 7.99. The maximum Gasteiger partial charge on any atom is 0.334 e. The van der Waals surface area contributed by atoms with E-state index in [1.807, 2.05) is 13.0 Å². The molecule has 2 rings (SSSR count). The number of hydrogen-bond donors (Lipinski definition) is 3. The number of phenolic OH excluding ortho intramolecular Hbond substituents is 1. The van der Waals surface area contributed by atoms with Crippen molar-refractivity contribution in [2.45, 2.75) is 30.7 Å². The molecule has 0 saturated heterocycles. The Morgan fingerprint density at radius 1 is 1.24 bits per heavy atom. The van der Waals surface area contributed by atoms with E-state index in [0.29, 0.717) is 28.1 Å². The minimum Gasteiger partial charge on any atom is -0.507 e. The van der Waals surface area contributed by atoms with Gasteiger partial charge in [-0.05, 0) is 54.1 Å². The van der Waals surface area contributed by atoms with Crippen molar-refractivity contribution in [2.24, 2.45) is 0 Å². The highest BCUT2D eigenvalue weighted by Crippen LogP contribution is 2.36. The van der Waals surface area contributed by atoms with Gasteiger partial charge in [0.25, 0.3) is 0 Å². The first-order chi connectivity index (χ1) is 12.0. The van der Waals surface area contributed by atoms with E-state index < -0.39 is 11.5 Å². The molecule has 0 aliphatic carbocycles. The molecule has 130 valence electrons. The van der Waals surface area contributed by atoms with Gasteiger partial charge in [-0.15, -0.1) is 11.8 Å². The number of thioether (sulfide) groups is 1. The Morgan fingerprint density at radius 3 is 2.44 bits per heavy atom. The van der Waals surface area contributed by atoms with Gasteiger partial charge in [0.05, 0.1) is 11.6 Å². The maximum absolute atomic E-state index is 12.2. The molecule has 2 aromatic carbocycles. The predicted molar refractivity (Wildman–Crippen MR) is 98.9 cm³/mol. The van der Waals surface area contributed by atoms with Crippen molar-refractivity contribution in [3.8, 4) is 11.8 Å². The zero-order valence-electron chi connectivity index (χ0n) is 14.1. The molecule has 0 amide bonds. The summed E-state index contributed by atoms with van der Waals surface area (Å²) in [5.41, 5.74) is 0.362. The van der Waals surface area contributed by atoms with Crippen LogP contribution in [-0.4, -0.2) is 21.9 Å². The molecule has 0 saturated carbocycles. The van der Waals surface area contributed by atoms with E-state index in [1.165, 1.54) is 17.8 Å². The molecule has 2 aromatic rings. The number of nitriles is 1. The molecule has 1 unspecified atom stereocenters. The SMILES string of the molecule is CCSc1cc(C(CC)(Nc2ccc(C#N)cc2)C(=O)O)ccc1O. The van der Waals surface area contributed by atoms with Crippen molar-refractivity contribution in [3.05, 3.63) is 53.6 Å². The molecule has 0 fully saturated rings. The van der Waals surface area contributed by atoms with Crippen LogP contribution in [0.1, 0.15) is 31.4 Å². The first-order valence-electron chi connectivity index (χ1n) is 7.94. The highest BCUT2D eigenvalue weighted by atomic mass is 32.2. The normalized spacial score (nSPS) is 12.8. The number of aliphatic carboxylic acids is 1. The molecular weight excluding hydrogens is 336 g/mol. The molecule has 0 radical (unpaired) electrons. The van der Waals surface area contributed by atoms with E-state index in [9.17, 15) is 15.0 Å². The Hall–Kier alpha value is -2.65. The van der Waals surface area contributed by atoms with Crippen LogP contribution in [0, 0.1) is 11.3 Å². The molecule has 0 aliphatic rings. The van der Waals surface area contributed by atoms with Crippen molar-refractivity contribution in [1.82, 2.24) is 0 Å². The van der Waals surface area contributed by atoms with Crippen molar-refractivity contribution in [2.75, 3.05) is 11.1 Å². The zero-order valence-corrected chi connectivity index (χ0v) is 14.9. The number of nitrogens with zero attached hydrogens (tertiary/aromatic N) is 1. The molecule has 1 atom stereocenters. The van der Waals surface area contributed by atoms with Gasteiger partial charge in [0.1, 0.15) is 5.75 Å². The van der Waals surface area contributed by atoms with Crippen LogP contribution in [0.5, 0.6) is 5.75 Å². The quantitative estimate of drug-likeness (QED) is 0.645. The number of aromatic hydroxyl groups is 1. The van der Waals surface area contributed by atoms with E-state index in [-0.39, 0.29) is 5.75 Å². The lowest BCUT2D eigenvalue weighted by molar-refractivity contribution is -0.142. The average Bonchev–Trinajstić information content (AvgIpc) is 2.62. The Bertz CT molecular complexity index is 799. The Morgan fingerprint density at radius 2 is 1.92 bits per heavy atom. The number of nitrogens with one attached hydrogen (secondary N) is 1. The number of hydrogen-bond acceptors (Lipinski definition) is 5. The second kappa shape index (κ2) is 7.95. The van der Waals surface area contributed by atoms with Crippen LogP contribution < -0.4 is 5.32 Å². The predicted octanol–water partition coefficient (Wildman–Crippen LogP) is 4.18. The Labute approximate surface area is 151 Å². The van der Waals surface area contributed by atoms with E-state index in [4.69, 9.17) is 5.26 Å². The van der Waals surface area contributed by atoms with Gasteiger partial charge in [0.15, 0.2) is 5.54 Å². The molecular formula is C19H20N2O3S. The second-order valence-electron chi connectivity index (χ2n) is 5.49. The Balaban J connectivity index is 2.48. The molecule has 0 spiro atoms. The Kier molecular flexibility index (Phi) is 5.94. The summed E-state index contributed by atoms with van der Waals surface area (Å²) in [6, 6.07) is 13.6. The van der Waals surface area contributed by atoms with Crippen LogP contribution in [-0.2, 0) is 10.3 Å². The molecule has 3 N–H and O–H groups in total. The summed E-state index contributed by atoms with van der Waals surface area (Å²) in [6.45, 7) is 3.76. The summed E-state index contributed by atoms with van der Waals surface area (Å²) in [4.78, 5) is 12.8. The number of benzene rings is 2. The largest absolute Gasteiger partial charge is 0.507 e. The number of anilines is 1. The summed E-state index contributed by atoms with van der Waals surface area (Å²) in [5, 5.41) is 31.9. The second-order valence-corrected chi connectivity index (χ2v) is 6.80. The van der Waals surface area contributed by atoms with Crippen LogP contribution in [0.25, 0.3) is 0 Å². The third-order valence-electron chi connectivity index (χ3n) is 4.02. The molecule has 6 heteroatoms. The molecule has 0 heterocycles. The lowest BCUT2D eigenvalue weighted by Gasteiger charge is -2.31. The van der Waals surface area contributed by atoms with Crippen molar-refractivity contribution >= 4 is 23.4 Å². The first kappa shape index (κ1) is 18.7. The standard InChI is InChI=1S/C19H20N2O3S/c1-3-19(18(23)24,21-15-8-5-13(12-20)6-9-15)14-7-10-16(22)17(11-14)25-4-2/h5-11,21-22H,3-4H2,1-2H3,(H,23,24). The number of rotatable bonds is 7. The first-order valence-corrected chi connectivity index (χ1v) is 8.93.